The lowest BCUT2D eigenvalue weighted by atomic mass is 10.1. The Morgan fingerprint density at radius 2 is 2.04 bits per heavy atom. The van der Waals surface area contributed by atoms with E-state index in [1.807, 2.05) is 23.5 Å². The van der Waals surface area contributed by atoms with Crippen LogP contribution in [0.25, 0.3) is 0 Å². The van der Waals surface area contributed by atoms with E-state index < -0.39 is 0 Å². The molecular weight excluding hydrogens is 364 g/mol. The van der Waals surface area contributed by atoms with Crippen molar-refractivity contribution in [2.45, 2.75) is 66.3 Å². The third kappa shape index (κ3) is 5.62. The number of aryl methyl sites for hydroxylation is 1. The van der Waals surface area contributed by atoms with Gasteiger partial charge in [-0.2, -0.15) is 0 Å². The van der Waals surface area contributed by atoms with Crippen molar-refractivity contribution in [1.29, 1.82) is 0 Å². The van der Waals surface area contributed by atoms with Crippen LogP contribution in [0.3, 0.4) is 0 Å². The van der Waals surface area contributed by atoms with Crippen molar-refractivity contribution in [2.75, 3.05) is 0 Å². The highest BCUT2D eigenvalue weighted by molar-refractivity contribution is 7.14. The van der Waals surface area contributed by atoms with Crippen LogP contribution in [-0.2, 0) is 13.0 Å². The largest absolute Gasteiger partial charge is 0.467 e. The van der Waals surface area contributed by atoms with Crippen molar-refractivity contribution in [1.82, 2.24) is 5.32 Å². The van der Waals surface area contributed by atoms with Crippen molar-refractivity contribution in [2.24, 2.45) is 10.9 Å². The van der Waals surface area contributed by atoms with E-state index >= 15 is 0 Å². The summed E-state index contributed by atoms with van der Waals surface area (Å²) >= 11 is 1.88. The maximum absolute atomic E-state index is 5.48. The Morgan fingerprint density at radius 1 is 1.29 bits per heavy atom. The van der Waals surface area contributed by atoms with Gasteiger partial charge in [0.15, 0.2) is 0 Å². The zero-order valence-electron chi connectivity index (χ0n) is 17.5. The van der Waals surface area contributed by atoms with Gasteiger partial charge < -0.3 is 9.73 Å². The van der Waals surface area contributed by atoms with Crippen LogP contribution in [0.5, 0.6) is 0 Å². The van der Waals surface area contributed by atoms with E-state index in [1.165, 1.54) is 45.8 Å². The van der Waals surface area contributed by atoms with Gasteiger partial charge in [0.05, 0.1) is 17.7 Å². The predicted octanol–water partition coefficient (Wildman–Crippen LogP) is 6.40. The van der Waals surface area contributed by atoms with Gasteiger partial charge >= 0.3 is 0 Å². The highest BCUT2D eigenvalue weighted by Crippen LogP contribution is 2.36. The van der Waals surface area contributed by atoms with Crippen molar-refractivity contribution < 1.29 is 4.42 Å². The number of unbranched alkanes of at least 4 members (excludes halogenated alkanes) is 1. The standard InChI is InChI=1S/C22H30N2OS.C2H2/c1-5-7-10-19(17-11-12-17)24-22(23-14-18-9-8-13-25-18)21-16(4)15(3)20(6-2)26-21;1-2/h8-10,13,17H,5-7,11-12,14H2,1-4H3,(H,23,24);1-2H/b19-10+;. The maximum atomic E-state index is 5.48. The van der Waals surface area contributed by atoms with Gasteiger partial charge in [-0.05, 0) is 68.7 Å². The van der Waals surface area contributed by atoms with Gasteiger partial charge in [-0.25, -0.2) is 0 Å². The number of rotatable bonds is 8. The third-order valence-electron chi connectivity index (χ3n) is 4.99. The monoisotopic (exact) mass is 396 g/mol. The second kappa shape index (κ2) is 10.9. The predicted molar refractivity (Wildman–Crippen MR) is 121 cm³/mol. The molecule has 4 heteroatoms. The summed E-state index contributed by atoms with van der Waals surface area (Å²) in [6.07, 6.45) is 18.0. The molecule has 0 spiro atoms. The maximum Gasteiger partial charge on any atom is 0.143 e. The molecule has 0 atom stereocenters. The zero-order chi connectivity index (χ0) is 20.5. The molecule has 28 heavy (non-hydrogen) atoms. The lowest BCUT2D eigenvalue weighted by Gasteiger charge is -2.13. The third-order valence-corrected chi connectivity index (χ3v) is 6.53. The minimum absolute atomic E-state index is 0.568. The van der Waals surface area contributed by atoms with Gasteiger partial charge in [-0.3, -0.25) is 4.99 Å². The zero-order valence-corrected chi connectivity index (χ0v) is 18.4. The smallest absolute Gasteiger partial charge is 0.143 e. The van der Waals surface area contributed by atoms with Crippen LogP contribution in [-0.4, -0.2) is 5.84 Å². The van der Waals surface area contributed by atoms with Gasteiger partial charge in [0, 0.05) is 10.6 Å². The van der Waals surface area contributed by atoms with E-state index in [9.17, 15) is 0 Å². The lowest BCUT2D eigenvalue weighted by molar-refractivity contribution is 0.512. The summed E-state index contributed by atoms with van der Waals surface area (Å²) in [5.74, 6) is 2.58. The summed E-state index contributed by atoms with van der Waals surface area (Å²) in [5, 5.41) is 3.71. The number of amidine groups is 1. The molecule has 0 saturated heterocycles. The number of furan rings is 1. The summed E-state index contributed by atoms with van der Waals surface area (Å²) < 4.78 is 5.48. The lowest BCUT2D eigenvalue weighted by Crippen LogP contribution is -2.25. The number of hydrogen-bond acceptors (Lipinski definition) is 3. The van der Waals surface area contributed by atoms with Crippen molar-refractivity contribution in [3.63, 3.8) is 0 Å². The van der Waals surface area contributed by atoms with Crippen LogP contribution in [0.4, 0.5) is 0 Å². The number of thiophene rings is 1. The molecule has 2 heterocycles. The molecule has 1 N–H and O–H groups in total. The molecule has 2 aromatic heterocycles. The SMILES string of the molecule is C#C.CCC/C=C(/NC(=NCc1ccco1)c1sc(CC)c(C)c1C)C1CC1. The van der Waals surface area contributed by atoms with E-state index in [1.54, 1.807) is 6.26 Å². The highest BCUT2D eigenvalue weighted by Gasteiger charge is 2.27. The van der Waals surface area contributed by atoms with E-state index in [0.717, 1.165) is 24.4 Å². The van der Waals surface area contributed by atoms with Crippen LogP contribution in [0.2, 0.25) is 0 Å². The first-order valence-electron chi connectivity index (χ1n) is 10.1. The molecule has 3 rings (SSSR count). The Kier molecular flexibility index (Phi) is 8.60. The number of nitrogens with zero attached hydrogens (tertiary/aromatic N) is 1. The van der Waals surface area contributed by atoms with Gasteiger partial charge in [-0.15, -0.1) is 24.2 Å². The fourth-order valence-corrected chi connectivity index (χ4v) is 4.31. The van der Waals surface area contributed by atoms with Gasteiger partial charge in [-0.1, -0.05) is 26.3 Å². The molecule has 0 aliphatic heterocycles. The van der Waals surface area contributed by atoms with Gasteiger partial charge in [0.25, 0.3) is 0 Å². The first kappa shape index (κ1) is 22.0. The molecule has 1 aliphatic carbocycles. The molecule has 0 aromatic carbocycles. The fourth-order valence-electron chi connectivity index (χ4n) is 3.10. The number of allylic oxidation sites excluding steroid dienone is 2. The number of hydrogen-bond donors (Lipinski definition) is 1. The van der Waals surface area contributed by atoms with Crippen molar-refractivity contribution in [3.05, 3.63) is 56.8 Å². The minimum atomic E-state index is 0.568. The van der Waals surface area contributed by atoms with Crippen molar-refractivity contribution in [3.8, 4) is 12.8 Å². The van der Waals surface area contributed by atoms with Crippen LogP contribution in [0.15, 0.2) is 39.6 Å². The number of aliphatic imine (C=N–C) groups is 1. The van der Waals surface area contributed by atoms with Crippen LogP contribution in [0.1, 0.15) is 66.2 Å². The molecule has 0 unspecified atom stereocenters. The molecule has 0 radical (unpaired) electrons. The second-order valence-corrected chi connectivity index (χ2v) is 8.15. The summed E-state index contributed by atoms with van der Waals surface area (Å²) in [7, 11) is 0. The first-order chi connectivity index (χ1) is 13.6. The second-order valence-electron chi connectivity index (χ2n) is 7.05. The van der Waals surface area contributed by atoms with Crippen molar-refractivity contribution >= 4 is 17.2 Å². The average Bonchev–Trinajstić information content (AvgIpc) is 3.36. The van der Waals surface area contributed by atoms with Gasteiger partial charge in [0.2, 0.25) is 0 Å². The topological polar surface area (TPSA) is 37.5 Å². The molecule has 1 fully saturated rings. The number of nitrogens with one attached hydrogen (secondary N) is 1. The Hall–Kier alpha value is -2.25. The first-order valence-corrected chi connectivity index (χ1v) is 10.9. The normalized spacial score (nSPS) is 14.5. The molecule has 2 aromatic rings. The van der Waals surface area contributed by atoms with E-state index in [2.05, 4.69) is 51.9 Å². The fraction of sp³-hybridized carbons (Fsp3) is 0.458. The summed E-state index contributed by atoms with van der Waals surface area (Å²) in [6, 6.07) is 3.91. The Bertz CT molecular complexity index is 820. The van der Waals surface area contributed by atoms with Gasteiger partial charge in [0.1, 0.15) is 11.6 Å². The minimum Gasteiger partial charge on any atom is -0.467 e. The number of terminal acetylenes is 1. The Morgan fingerprint density at radius 3 is 2.57 bits per heavy atom. The summed E-state index contributed by atoms with van der Waals surface area (Å²) in [5.41, 5.74) is 4.11. The average molecular weight is 397 g/mol. The molecule has 1 saturated carbocycles. The van der Waals surface area contributed by atoms with E-state index in [0.29, 0.717) is 12.5 Å². The van der Waals surface area contributed by atoms with Crippen LogP contribution < -0.4 is 5.32 Å². The Balaban J connectivity index is 0.00000136. The van der Waals surface area contributed by atoms with E-state index in [-0.39, 0.29) is 0 Å². The summed E-state index contributed by atoms with van der Waals surface area (Å²) in [4.78, 5) is 7.65. The van der Waals surface area contributed by atoms with E-state index in [4.69, 9.17) is 9.41 Å². The Labute approximate surface area is 174 Å². The summed E-state index contributed by atoms with van der Waals surface area (Å²) in [6.45, 7) is 9.47. The molecule has 0 bridgehead atoms. The van der Waals surface area contributed by atoms with Crippen LogP contribution >= 0.6 is 11.3 Å². The molecule has 0 amide bonds. The molecular formula is C24H32N2OS. The molecule has 150 valence electrons. The highest BCUT2D eigenvalue weighted by atomic mass is 32.1. The molecule has 3 nitrogen and oxygen atoms in total. The molecule has 1 aliphatic rings. The quantitative estimate of drug-likeness (QED) is 0.318. The van der Waals surface area contributed by atoms with Crippen LogP contribution in [0, 0.1) is 32.6 Å².